The second-order valence-corrected chi connectivity index (χ2v) is 5.38. The molecule has 1 aromatic heterocycles. The summed E-state index contributed by atoms with van der Waals surface area (Å²) >= 11 is 1.33. The number of rotatable bonds is 5. The van der Waals surface area contributed by atoms with Gasteiger partial charge in [-0.1, -0.05) is 30.8 Å². The fourth-order valence-electron chi connectivity index (χ4n) is 1.57. The van der Waals surface area contributed by atoms with Gasteiger partial charge in [-0.05, 0) is 17.9 Å². The van der Waals surface area contributed by atoms with Gasteiger partial charge in [0.05, 0.1) is 6.21 Å². The monoisotopic (exact) mass is 318 g/mol. The van der Waals surface area contributed by atoms with Gasteiger partial charge in [0.25, 0.3) is 11.5 Å². The smallest absolute Gasteiger partial charge is 0.290 e. The lowest BCUT2D eigenvalue weighted by atomic mass is 10.2. The molecule has 0 radical (unpaired) electrons. The second kappa shape index (κ2) is 7.41. The van der Waals surface area contributed by atoms with Crippen molar-refractivity contribution in [3.05, 3.63) is 51.9 Å². The van der Waals surface area contributed by atoms with Crippen LogP contribution in [-0.2, 0) is 0 Å². The van der Waals surface area contributed by atoms with Crippen molar-refractivity contribution >= 4 is 23.9 Å². The Labute approximate surface area is 130 Å². The van der Waals surface area contributed by atoms with Crippen LogP contribution < -0.4 is 11.0 Å². The van der Waals surface area contributed by atoms with Crippen molar-refractivity contribution in [2.45, 2.75) is 12.1 Å². The van der Waals surface area contributed by atoms with E-state index in [-0.39, 0.29) is 11.4 Å². The lowest BCUT2D eigenvalue weighted by Crippen LogP contribution is -2.22. The summed E-state index contributed by atoms with van der Waals surface area (Å²) in [5, 5.41) is 13.7. The third-order valence-electron chi connectivity index (χ3n) is 2.54. The van der Waals surface area contributed by atoms with Crippen molar-refractivity contribution in [1.82, 2.24) is 15.4 Å². The van der Waals surface area contributed by atoms with Crippen molar-refractivity contribution in [3.63, 3.8) is 0 Å². The zero-order valence-corrected chi connectivity index (χ0v) is 12.6. The first-order valence-electron chi connectivity index (χ1n) is 6.45. The van der Waals surface area contributed by atoms with Gasteiger partial charge in [-0.3, -0.25) is 9.59 Å². The molecule has 0 saturated heterocycles. The normalized spacial score (nSPS) is 10.8. The molecule has 7 nitrogen and oxygen atoms in total. The minimum Gasteiger partial charge on any atom is -0.507 e. The van der Waals surface area contributed by atoms with E-state index in [0.717, 1.165) is 11.8 Å². The molecule has 1 amide bonds. The highest BCUT2D eigenvalue weighted by molar-refractivity contribution is 7.99. The van der Waals surface area contributed by atoms with E-state index in [2.05, 4.69) is 20.5 Å². The number of thioether (sulfide) groups is 1. The zero-order valence-electron chi connectivity index (χ0n) is 11.7. The van der Waals surface area contributed by atoms with Gasteiger partial charge in [-0.2, -0.15) is 5.10 Å². The summed E-state index contributed by atoms with van der Waals surface area (Å²) in [6.07, 6.45) is 1.31. The summed E-state index contributed by atoms with van der Waals surface area (Å²) in [6, 6.07) is 7.67. The van der Waals surface area contributed by atoms with Gasteiger partial charge in [0.1, 0.15) is 11.4 Å². The SMILES string of the molecule is CCSc1nc(C(=O)N/N=C/c2ccccc2O)cc(=O)[nH]1. The Bertz CT molecular complexity index is 758. The second-order valence-electron chi connectivity index (χ2n) is 4.13. The van der Waals surface area contributed by atoms with Gasteiger partial charge in [0, 0.05) is 11.6 Å². The molecule has 0 spiro atoms. The summed E-state index contributed by atoms with van der Waals surface area (Å²) in [4.78, 5) is 30.0. The molecule has 0 aliphatic rings. The summed E-state index contributed by atoms with van der Waals surface area (Å²) in [6.45, 7) is 1.91. The van der Waals surface area contributed by atoms with Crippen molar-refractivity contribution in [1.29, 1.82) is 0 Å². The van der Waals surface area contributed by atoms with Crippen molar-refractivity contribution in [2.75, 3.05) is 5.75 Å². The number of benzene rings is 1. The third kappa shape index (κ3) is 4.19. The summed E-state index contributed by atoms with van der Waals surface area (Å²) in [7, 11) is 0. The molecule has 0 unspecified atom stereocenters. The lowest BCUT2D eigenvalue weighted by molar-refractivity contribution is 0.0949. The first kappa shape index (κ1) is 15.8. The number of aromatic nitrogens is 2. The molecule has 114 valence electrons. The predicted octanol–water partition coefficient (Wildman–Crippen LogP) is 1.35. The minimum absolute atomic E-state index is 0.0193. The van der Waals surface area contributed by atoms with Gasteiger partial charge in [0.15, 0.2) is 5.16 Å². The van der Waals surface area contributed by atoms with E-state index < -0.39 is 11.5 Å². The number of carbonyl (C=O) groups excluding carboxylic acids is 1. The number of hydrazone groups is 1. The average molecular weight is 318 g/mol. The minimum atomic E-state index is -0.601. The number of hydrogen-bond acceptors (Lipinski definition) is 6. The summed E-state index contributed by atoms with van der Waals surface area (Å²) < 4.78 is 0. The van der Waals surface area contributed by atoms with Gasteiger partial charge < -0.3 is 10.1 Å². The van der Waals surface area contributed by atoms with E-state index >= 15 is 0 Å². The van der Waals surface area contributed by atoms with Crippen LogP contribution in [0.15, 0.2) is 45.4 Å². The number of para-hydroxylation sites is 1. The molecule has 0 saturated carbocycles. The molecule has 3 N–H and O–H groups in total. The van der Waals surface area contributed by atoms with Gasteiger partial charge in [-0.15, -0.1) is 0 Å². The van der Waals surface area contributed by atoms with E-state index in [4.69, 9.17) is 0 Å². The maximum Gasteiger partial charge on any atom is 0.290 e. The van der Waals surface area contributed by atoms with E-state index in [1.54, 1.807) is 18.2 Å². The number of nitrogens with zero attached hydrogens (tertiary/aromatic N) is 2. The molecule has 0 bridgehead atoms. The van der Waals surface area contributed by atoms with E-state index in [9.17, 15) is 14.7 Å². The number of amides is 1. The number of aromatic hydroxyl groups is 1. The van der Waals surface area contributed by atoms with Gasteiger partial charge in [-0.25, -0.2) is 10.4 Å². The molecule has 2 aromatic rings. The highest BCUT2D eigenvalue weighted by atomic mass is 32.2. The number of carbonyl (C=O) groups is 1. The Hall–Kier alpha value is -2.61. The lowest BCUT2D eigenvalue weighted by Gasteiger charge is -2.02. The third-order valence-corrected chi connectivity index (χ3v) is 3.30. The summed E-state index contributed by atoms with van der Waals surface area (Å²) in [5.74, 6) is 0.173. The first-order chi connectivity index (χ1) is 10.6. The number of H-pyrrole nitrogens is 1. The largest absolute Gasteiger partial charge is 0.507 e. The maximum absolute atomic E-state index is 11.9. The van der Waals surface area contributed by atoms with Gasteiger partial charge >= 0.3 is 0 Å². The average Bonchev–Trinajstić information content (AvgIpc) is 2.49. The number of phenols is 1. The number of aromatic amines is 1. The fourth-order valence-corrected chi connectivity index (χ4v) is 2.18. The van der Waals surface area contributed by atoms with Crippen molar-refractivity contribution in [3.8, 4) is 5.75 Å². The first-order valence-corrected chi connectivity index (χ1v) is 7.44. The Kier molecular flexibility index (Phi) is 5.31. The zero-order chi connectivity index (χ0) is 15.9. The molecule has 0 atom stereocenters. The molecule has 0 aliphatic heterocycles. The molecule has 0 fully saturated rings. The summed E-state index contributed by atoms with van der Waals surface area (Å²) in [5.41, 5.74) is 2.31. The van der Waals surface area contributed by atoms with E-state index in [0.29, 0.717) is 10.7 Å². The predicted molar refractivity (Wildman–Crippen MR) is 84.4 cm³/mol. The molecule has 22 heavy (non-hydrogen) atoms. The van der Waals surface area contributed by atoms with Crippen LogP contribution in [0.4, 0.5) is 0 Å². The van der Waals surface area contributed by atoms with Crippen LogP contribution in [0.1, 0.15) is 23.0 Å². The Balaban J connectivity index is 2.09. The Morgan fingerprint density at radius 3 is 3.00 bits per heavy atom. The molecular weight excluding hydrogens is 304 g/mol. The number of hydrogen-bond donors (Lipinski definition) is 3. The van der Waals surface area contributed by atoms with Crippen molar-refractivity contribution < 1.29 is 9.90 Å². The molecular formula is C14H14N4O3S. The quantitative estimate of drug-likeness (QED) is 0.334. The maximum atomic E-state index is 11.9. The molecule has 1 heterocycles. The number of nitrogens with one attached hydrogen (secondary N) is 2. The standard InChI is InChI=1S/C14H14N4O3S/c1-2-22-14-16-10(7-12(20)17-14)13(21)18-15-8-9-5-3-4-6-11(9)19/h3-8,19H,2H2,1H3,(H,18,21)(H,16,17,20)/b15-8+. The molecule has 8 heteroatoms. The molecule has 2 rings (SSSR count). The highest BCUT2D eigenvalue weighted by Crippen LogP contribution is 2.12. The van der Waals surface area contributed by atoms with E-state index in [1.807, 2.05) is 6.92 Å². The molecule has 1 aromatic carbocycles. The highest BCUT2D eigenvalue weighted by Gasteiger charge is 2.09. The molecule has 0 aliphatic carbocycles. The van der Waals surface area contributed by atoms with Crippen LogP contribution in [0.5, 0.6) is 5.75 Å². The van der Waals surface area contributed by atoms with Crippen molar-refractivity contribution in [2.24, 2.45) is 5.10 Å². The van der Waals surface area contributed by atoms with Crippen LogP contribution in [-0.4, -0.2) is 32.9 Å². The Morgan fingerprint density at radius 1 is 1.50 bits per heavy atom. The van der Waals surface area contributed by atoms with Crippen LogP contribution in [0.2, 0.25) is 0 Å². The number of phenolic OH excluding ortho intramolecular Hbond substituents is 1. The van der Waals surface area contributed by atoms with Crippen LogP contribution in [0, 0.1) is 0 Å². The Morgan fingerprint density at radius 2 is 2.27 bits per heavy atom. The van der Waals surface area contributed by atoms with Crippen LogP contribution in [0.3, 0.4) is 0 Å². The fraction of sp³-hybridized carbons (Fsp3) is 0.143. The van der Waals surface area contributed by atoms with E-state index in [1.165, 1.54) is 24.0 Å². The van der Waals surface area contributed by atoms with Crippen LogP contribution >= 0.6 is 11.8 Å². The topological polar surface area (TPSA) is 107 Å². The van der Waals surface area contributed by atoms with Gasteiger partial charge in [0.2, 0.25) is 0 Å². The van der Waals surface area contributed by atoms with Crippen LogP contribution in [0.25, 0.3) is 0 Å².